The summed E-state index contributed by atoms with van der Waals surface area (Å²) in [6.07, 6.45) is 3.46. The van der Waals surface area contributed by atoms with Gasteiger partial charge in [-0.1, -0.05) is 12.1 Å². The van der Waals surface area contributed by atoms with Gasteiger partial charge in [0.25, 0.3) is 0 Å². The maximum atomic E-state index is 5.66. The quantitative estimate of drug-likeness (QED) is 0.503. The highest BCUT2D eigenvalue weighted by Crippen LogP contribution is 2.18. The van der Waals surface area contributed by atoms with Gasteiger partial charge < -0.3 is 4.74 Å². The maximum Gasteiger partial charge on any atom is 0.0745 e. The van der Waals surface area contributed by atoms with Crippen molar-refractivity contribution in [2.75, 3.05) is 6.61 Å². The average molecular weight is 332 g/mol. The van der Waals surface area contributed by atoms with Crippen molar-refractivity contribution in [2.24, 2.45) is 5.84 Å². The lowest BCUT2D eigenvalue weighted by Gasteiger charge is -2.22. The van der Waals surface area contributed by atoms with Crippen LogP contribution in [0.15, 0.2) is 24.3 Å². The second-order valence-electron chi connectivity index (χ2n) is 4.16. The molecule has 3 N–H and O–H groups in total. The lowest BCUT2D eigenvalue weighted by molar-refractivity contribution is 0.0784. The topological polar surface area (TPSA) is 47.3 Å². The molecule has 0 aromatic heterocycles. The van der Waals surface area contributed by atoms with E-state index in [1.807, 2.05) is 0 Å². The van der Waals surface area contributed by atoms with Crippen molar-refractivity contribution in [1.82, 2.24) is 5.43 Å². The van der Waals surface area contributed by atoms with Crippen LogP contribution in [0.1, 0.15) is 18.4 Å². The number of hydrogen-bond donors (Lipinski definition) is 2. The van der Waals surface area contributed by atoms with Gasteiger partial charge in [-0.05, 0) is 59.5 Å². The van der Waals surface area contributed by atoms with E-state index in [2.05, 4.69) is 52.3 Å². The van der Waals surface area contributed by atoms with Crippen molar-refractivity contribution in [3.8, 4) is 0 Å². The molecule has 1 heterocycles. The van der Waals surface area contributed by atoms with Crippen LogP contribution in [0.25, 0.3) is 0 Å². The van der Waals surface area contributed by atoms with Crippen LogP contribution in [0, 0.1) is 3.57 Å². The molecule has 0 spiro atoms. The first kappa shape index (κ1) is 12.3. The first-order valence-electron chi connectivity index (χ1n) is 5.62. The Hall–Kier alpha value is -0.170. The Morgan fingerprint density at radius 2 is 2.19 bits per heavy atom. The highest BCUT2D eigenvalue weighted by Gasteiger charge is 2.24. The van der Waals surface area contributed by atoms with Gasteiger partial charge in [-0.15, -0.1) is 0 Å². The van der Waals surface area contributed by atoms with Crippen LogP contribution >= 0.6 is 22.6 Å². The first-order chi connectivity index (χ1) is 7.79. The second-order valence-corrected chi connectivity index (χ2v) is 5.40. The van der Waals surface area contributed by atoms with E-state index in [1.54, 1.807) is 0 Å². The van der Waals surface area contributed by atoms with E-state index < -0.39 is 0 Å². The number of nitrogens with two attached hydrogens (primary N) is 1. The van der Waals surface area contributed by atoms with Crippen molar-refractivity contribution < 1.29 is 4.74 Å². The summed E-state index contributed by atoms with van der Waals surface area (Å²) < 4.78 is 6.92. The van der Waals surface area contributed by atoms with Crippen molar-refractivity contribution >= 4 is 22.6 Å². The standard InChI is InChI=1S/C12H17IN2O/c13-10-5-3-9(4-6-10)8-11(15-14)12-2-1-7-16-12/h3-6,11-12,15H,1-2,7-8,14H2. The minimum absolute atomic E-state index is 0.225. The SMILES string of the molecule is NNC(Cc1ccc(I)cc1)C1CCCO1. The summed E-state index contributed by atoms with van der Waals surface area (Å²) in [6, 6.07) is 8.78. The summed E-state index contributed by atoms with van der Waals surface area (Å²) in [5.41, 5.74) is 4.18. The molecule has 0 aliphatic carbocycles. The molecule has 2 unspecified atom stereocenters. The number of ether oxygens (including phenoxy) is 1. The summed E-state index contributed by atoms with van der Waals surface area (Å²) in [4.78, 5) is 0. The third-order valence-electron chi connectivity index (χ3n) is 3.00. The number of benzene rings is 1. The fourth-order valence-electron chi connectivity index (χ4n) is 2.09. The third kappa shape index (κ3) is 3.16. The van der Waals surface area contributed by atoms with E-state index in [4.69, 9.17) is 10.6 Å². The summed E-state index contributed by atoms with van der Waals surface area (Å²) in [7, 11) is 0. The minimum atomic E-state index is 0.225. The molecule has 1 aliphatic rings. The van der Waals surface area contributed by atoms with Gasteiger partial charge in [0, 0.05) is 10.2 Å². The number of halogens is 1. The summed E-state index contributed by atoms with van der Waals surface area (Å²) in [6.45, 7) is 0.871. The van der Waals surface area contributed by atoms with E-state index in [1.165, 1.54) is 9.13 Å². The molecular weight excluding hydrogens is 315 g/mol. The lowest BCUT2D eigenvalue weighted by Crippen LogP contribution is -2.45. The number of nitrogens with one attached hydrogen (secondary N) is 1. The molecule has 2 atom stereocenters. The molecule has 4 heteroatoms. The minimum Gasteiger partial charge on any atom is -0.377 e. The summed E-state index contributed by atoms with van der Waals surface area (Å²) >= 11 is 2.31. The summed E-state index contributed by atoms with van der Waals surface area (Å²) in [5.74, 6) is 5.60. The van der Waals surface area contributed by atoms with Gasteiger partial charge in [0.1, 0.15) is 0 Å². The Bertz CT molecular complexity index is 322. The molecule has 3 nitrogen and oxygen atoms in total. The maximum absolute atomic E-state index is 5.66. The van der Waals surface area contributed by atoms with Gasteiger partial charge in [0.15, 0.2) is 0 Å². The molecule has 0 radical (unpaired) electrons. The lowest BCUT2D eigenvalue weighted by atomic mass is 10.0. The van der Waals surface area contributed by atoms with Crippen LogP contribution in [0.2, 0.25) is 0 Å². The first-order valence-corrected chi connectivity index (χ1v) is 6.69. The van der Waals surface area contributed by atoms with Gasteiger partial charge in [0.05, 0.1) is 12.1 Å². The Labute approximate surface area is 110 Å². The smallest absolute Gasteiger partial charge is 0.0745 e. The largest absolute Gasteiger partial charge is 0.377 e. The van der Waals surface area contributed by atoms with Gasteiger partial charge in [-0.25, -0.2) is 0 Å². The normalized spacial score (nSPS) is 22.2. The van der Waals surface area contributed by atoms with Gasteiger partial charge >= 0.3 is 0 Å². The molecule has 88 valence electrons. The third-order valence-corrected chi connectivity index (χ3v) is 3.72. The van der Waals surface area contributed by atoms with Crippen LogP contribution in [-0.4, -0.2) is 18.8 Å². The predicted molar refractivity (Wildman–Crippen MR) is 72.9 cm³/mol. The Balaban J connectivity index is 1.97. The van der Waals surface area contributed by atoms with Crippen molar-refractivity contribution in [3.63, 3.8) is 0 Å². The predicted octanol–water partition coefficient (Wildman–Crippen LogP) is 1.84. The van der Waals surface area contributed by atoms with Crippen LogP contribution in [0.4, 0.5) is 0 Å². The van der Waals surface area contributed by atoms with Crippen LogP contribution in [0.5, 0.6) is 0 Å². The zero-order chi connectivity index (χ0) is 11.4. The van der Waals surface area contributed by atoms with E-state index in [-0.39, 0.29) is 12.1 Å². The summed E-state index contributed by atoms with van der Waals surface area (Å²) in [5, 5.41) is 0. The van der Waals surface area contributed by atoms with E-state index in [9.17, 15) is 0 Å². The molecule has 1 fully saturated rings. The molecule has 1 saturated heterocycles. The molecule has 0 saturated carbocycles. The van der Waals surface area contributed by atoms with Gasteiger partial charge in [-0.2, -0.15) is 0 Å². The zero-order valence-corrected chi connectivity index (χ0v) is 11.3. The Kier molecular flexibility index (Phi) is 4.57. The average Bonchev–Trinajstić information content (AvgIpc) is 2.82. The van der Waals surface area contributed by atoms with Crippen molar-refractivity contribution in [2.45, 2.75) is 31.4 Å². The number of rotatable bonds is 4. The zero-order valence-electron chi connectivity index (χ0n) is 9.16. The molecular formula is C12H17IN2O. The monoisotopic (exact) mass is 332 g/mol. The molecule has 0 bridgehead atoms. The molecule has 1 aromatic carbocycles. The van der Waals surface area contributed by atoms with Gasteiger partial charge in [-0.3, -0.25) is 11.3 Å². The molecule has 2 rings (SSSR count). The molecule has 16 heavy (non-hydrogen) atoms. The second kappa shape index (κ2) is 5.95. The molecule has 1 aliphatic heterocycles. The highest BCUT2D eigenvalue weighted by molar-refractivity contribution is 14.1. The Morgan fingerprint density at radius 3 is 2.75 bits per heavy atom. The highest BCUT2D eigenvalue weighted by atomic mass is 127. The number of hydrogen-bond acceptors (Lipinski definition) is 3. The van der Waals surface area contributed by atoms with Crippen LogP contribution < -0.4 is 11.3 Å². The Morgan fingerprint density at radius 1 is 1.44 bits per heavy atom. The molecule has 0 amide bonds. The fourth-order valence-corrected chi connectivity index (χ4v) is 2.45. The van der Waals surface area contributed by atoms with Crippen LogP contribution in [0.3, 0.4) is 0 Å². The van der Waals surface area contributed by atoms with Crippen LogP contribution in [-0.2, 0) is 11.2 Å². The number of hydrazine groups is 1. The van der Waals surface area contributed by atoms with E-state index in [0.717, 1.165) is 25.9 Å². The van der Waals surface area contributed by atoms with Crippen molar-refractivity contribution in [3.05, 3.63) is 33.4 Å². The van der Waals surface area contributed by atoms with Crippen molar-refractivity contribution in [1.29, 1.82) is 0 Å². The molecule has 1 aromatic rings. The van der Waals surface area contributed by atoms with Gasteiger partial charge in [0.2, 0.25) is 0 Å². The van der Waals surface area contributed by atoms with E-state index in [0.29, 0.717) is 0 Å². The fraction of sp³-hybridized carbons (Fsp3) is 0.500. The van der Waals surface area contributed by atoms with E-state index >= 15 is 0 Å².